The van der Waals surface area contributed by atoms with Crippen LogP contribution in [0.4, 0.5) is 13.2 Å². The molecule has 24 heavy (non-hydrogen) atoms. The lowest BCUT2D eigenvalue weighted by Gasteiger charge is -2.12. The first-order valence-corrected chi connectivity index (χ1v) is 7.89. The van der Waals surface area contributed by atoms with Gasteiger partial charge in [0.15, 0.2) is 0 Å². The maximum absolute atomic E-state index is 13.0. The van der Waals surface area contributed by atoms with Crippen LogP contribution in [-0.2, 0) is 6.18 Å². The van der Waals surface area contributed by atoms with Crippen LogP contribution in [0, 0.1) is 5.92 Å². The van der Waals surface area contributed by atoms with Crippen LogP contribution in [0.25, 0.3) is 0 Å². The molecule has 1 fully saturated rings. The van der Waals surface area contributed by atoms with Crippen molar-refractivity contribution < 1.29 is 18.0 Å². The molecule has 0 spiro atoms. The van der Waals surface area contributed by atoms with Gasteiger partial charge in [-0.05, 0) is 35.7 Å². The number of hydrogen-bond acceptors (Lipinski definition) is 1. The minimum absolute atomic E-state index is 0.0873. The quantitative estimate of drug-likeness (QED) is 0.836. The molecule has 2 nitrogen and oxygen atoms in total. The highest BCUT2D eigenvalue weighted by Crippen LogP contribution is 2.47. The van der Waals surface area contributed by atoms with E-state index in [4.69, 9.17) is 11.6 Å². The number of benzene rings is 2. The van der Waals surface area contributed by atoms with Gasteiger partial charge in [0.1, 0.15) is 0 Å². The Morgan fingerprint density at radius 3 is 2.33 bits per heavy atom. The first-order chi connectivity index (χ1) is 11.3. The molecule has 1 unspecified atom stereocenters. The minimum Gasteiger partial charge on any atom is -0.348 e. The van der Waals surface area contributed by atoms with Gasteiger partial charge in [0.2, 0.25) is 0 Å². The summed E-state index contributed by atoms with van der Waals surface area (Å²) in [7, 11) is 0. The van der Waals surface area contributed by atoms with Crippen molar-refractivity contribution in [2.24, 2.45) is 5.92 Å². The van der Waals surface area contributed by atoms with E-state index in [-0.39, 0.29) is 23.4 Å². The van der Waals surface area contributed by atoms with Crippen LogP contribution in [0.3, 0.4) is 0 Å². The smallest absolute Gasteiger partial charge is 0.348 e. The topological polar surface area (TPSA) is 29.1 Å². The predicted octanol–water partition coefficient (Wildman–Crippen LogP) is 4.89. The molecule has 0 aromatic heterocycles. The lowest BCUT2D eigenvalue weighted by Crippen LogP contribution is -2.29. The van der Waals surface area contributed by atoms with Gasteiger partial charge in [-0.15, -0.1) is 0 Å². The van der Waals surface area contributed by atoms with Crippen molar-refractivity contribution in [2.45, 2.75) is 25.1 Å². The maximum Gasteiger partial charge on any atom is 0.417 e. The van der Waals surface area contributed by atoms with Gasteiger partial charge in [0, 0.05) is 17.0 Å². The van der Waals surface area contributed by atoms with E-state index in [1.807, 2.05) is 19.1 Å². The second-order valence-corrected chi connectivity index (χ2v) is 6.42. The zero-order valence-electron chi connectivity index (χ0n) is 12.8. The molecule has 2 aromatic rings. The molecule has 1 N–H and O–H groups in total. The molecule has 0 saturated heterocycles. The normalized spacial score (nSPS) is 23.0. The summed E-state index contributed by atoms with van der Waals surface area (Å²) in [5.41, 5.74) is -0.251. The summed E-state index contributed by atoms with van der Waals surface area (Å²) in [5, 5.41) is 3.34. The van der Waals surface area contributed by atoms with Gasteiger partial charge < -0.3 is 5.32 Å². The van der Waals surface area contributed by atoms with Crippen LogP contribution in [0.2, 0.25) is 5.02 Å². The zero-order chi connectivity index (χ0) is 17.5. The molecule has 126 valence electrons. The third kappa shape index (κ3) is 3.26. The SMILES string of the molecule is C[C@H]1C(c2ccc(Cl)cc2)[C@@H]1NC(=O)c1ccccc1C(F)(F)F. The molecular formula is C18H15ClF3NO. The number of amides is 1. The molecule has 1 amide bonds. The summed E-state index contributed by atoms with van der Waals surface area (Å²) in [6, 6.07) is 11.9. The maximum atomic E-state index is 13.0. The van der Waals surface area contributed by atoms with E-state index in [1.165, 1.54) is 18.2 Å². The summed E-state index contributed by atoms with van der Waals surface area (Å²) in [6.07, 6.45) is -4.56. The molecule has 6 heteroatoms. The van der Waals surface area contributed by atoms with E-state index in [9.17, 15) is 18.0 Å². The lowest BCUT2D eigenvalue weighted by atomic mass is 10.1. The number of halogens is 4. The van der Waals surface area contributed by atoms with Gasteiger partial charge in [-0.2, -0.15) is 13.2 Å². The molecule has 0 aliphatic heterocycles. The Hall–Kier alpha value is -2.01. The molecule has 0 heterocycles. The van der Waals surface area contributed by atoms with E-state index >= 15 is 0 Å². The minimum atomic E-state index is -4.56. The van der Waals surface area contributed by atoms with Crippen molar-refractivity contribution in [2.75, 3.05) is 0 Å². The molecule has 0 radical (unpaired) electrons. The fourth-order valence-corrected chi connectivity index (χ4v) is 3.16. The molecule has 2 aromatic carbocycles. The fraction of sp³-hybridized carbons (Fsp3) is 0.278. The van der Waals surface area contributed by atoms with Crippen LogP contribution < -0.4 is 5.32 Å². The lowest BCUT2D eigenvalue weighted by molar-refractivity contribution is -0.137. The standard InChI is InChI=1S/C18H15ClF3NO/c1-10-15(11-6-8-12(19)9-7-11)16(10)23-17(24)13-4-2-3-5-14(13)18(20,21)22/h2-10,15-16H,1H3,(H,23,24)/t10-,15?,16+/m0/s1. The third-order valence-electron chi connectivity index (χ3n) is 4.41. The average Bonchev–Trinajstić information content (AvgIpc) is 3.16. The second kappa shape index (κ2) is 6.13. The Morgan fingerprint density at radius 1 is 1.08 bits per heavy atom. The summed E-state index contributed by atoms with van der Waals surface area (Å²) in [4.78, 5) is 12.3. The zero-order valence-corrected chi connectivity index (χ0v) is 13.5. The van der Waals surface area contributed by atoms with Gasteiger partial charge in [0.05, 0.1) is 11.1 Å². The van der Waals surface area contributed by atoms with Crippen molar-refractivity contribution in [3.8, 4) is 0 Å². The van der Waals surface area contributed by atoms with Gasteiger partial charge in [-0.25, -0.2) is 0 Å². The van der Waals surface area contributed by atoms with Crippen molar-refractivity contribution in [3.63, 3.8) is 0 Å². The molecule has 1 aliphatic carbocycles. The van der Waals surface area contributed by atoms with Crippen molar-refractivity contribution >= 4 is 17.5 Å². The van der Waals surface area contributed by atoms with Crippen LogP contribution in [0.5, 0.6) is 0 Å². The number of carbonyl (C=O) groups is 1. The number of hydrogen-bond donors (Lipinski definition) is 1. The largest absolute Gasteiger partial charge is 0.417 e. The summed E-state index contributed by atoms with van der Waals surface area (Å²) in [5.74, 6) is -0.450. The monoisotopic (exact) mass is 353 g/mol. The van der Waals surface area contributed by atoms with E-state index < -0.39 is 17.6 Å². The highest BCUT2D eigenvalue weighted by molar-refractivity contribution is 6.30. The van der Waals surface area contributed by atoms with Gasteiger partial charge in [0.25, 0.3) is 5.91 Å². The summed E-state index contributed by atoms with van der Waals surface area (Å²) < 4.78 is 39.1. The summed E-state index contributed by atoms with van der Waals surface area (Å²) >= 11 is 5.86. The molecule has 3 atom stereocenters. The van der Waals surface area contributed by atoms with Gasteiger partial charge in [-0.3, -0.25) is 4.79 Å². The third-order valence-corrected chi connectivity index (χ3v) is 4.66. The van der Waals surface area contributed by atoms with Crippen LogP contribution in [0.15, 0.2) is 48.5 Å². The van der Waals surface area contributed by atoms with Crippen molar-refractivity contribution in [3.05, 3.63) is 70.2 Å². The highest BCUT2D eigenvalue weighted by Gasteiger charge is 2.49. The van der Waals surface area contributed by atoms with Crippen molar-refractivity contribution in [1.82, 2.24) is 5.32 Å². The van der Waals surface area contributed by atoms with E-state index in [2.05, 4.69) is 5.32 Å². The molecular weight excluding hydrogens is 339 g/mol. The van der Waals surface area contributed by atoms with E-state index in [0.29, 0.717) is 5.02 Å². The Balaban J connectivity index is 1.76. The fourth-order valence-electron chi connectivity index (χ4n) is 3.04. The van der Waals surface area contributed by atoms with Gasteiger partial charge >= 0.3 is 6.18 Å². The molecule has 1 aliphatic rings. The van der Waals surface area contributed by atoms with Gasteiger partial charge in [-0.1, -0.05) is 42.8 Å². The number of carbonyl (C=O) groups excluding carboxylic acids is 1. The molecule has 0 bridgehead atoms. The van der Waals surface area contributed by atoms with E-state index in [0.717, 1.165) is 11.6 Å². The number of alkyl halides is 3. The first kappa shape index (κ1) is 16.8. The highest BCUT2D eigenvalue weighted by atomic mass is 35.5. The Bertz CT molecular complexity index is 758. The van der Waals surface area contributed by atoms with Crippen molar-refractivity contribution in [1.29, 1.82) is 0 Å². The Morgan fingerprint density at radius 2 is 1.71 bits per heavy atom. The summed E-state index contributed by atoms with van der Waals surface area (Å²) in [6.45, 7) is 1.96. The molecule has 1 saturated carbocycles. The molecule has 3 rings (SSSR count). The average molecular weight is 354 g/mol. The van der Waals surface area contributed by atoms with E-state index in [1.54, 1.807) is 12.1 Å². The number of rotatable bonds is 3. The Kier molecular flexibility index (Phi) is 4.30. The van der Waals surface area contributed by atoms with Crippen LogP contribution in [0.1, 0.15) is 34.3 Å². The number of nitrogens with one attached hydrogen (secondary N) is 1. The second-order valence-electron chi connectivity index (χ2n) is 5.98. The first-order valence-electron chi connectivity index (χ1n) is 7.51. The van der Waals surface area contributed by atoms with Crippen LogP contribution >= 0.6 is 11.6 Å². The Labute approximate surface area is 142 Å². The predicted molar refractivity (Wildman–Crippen MR) is 86.1 cm³/mol. The van der Waals surface area contributed by atoms with Crippen LogP contribution in [-0.4, -0.2) is 11.9 Å².